The van der Waals surface area contributed by atoms with Crippen LogP contribution in [0.5, 0.6) is 0 Å². The van der Waals surface area contributed by atoms with Crippen molar-refractivity contribution in [3.8, 4) is 0 Å². The van der Waals surface area contributed by atoms with Gasteiger partial charge in [0.05, 0.1) is 24.4 Å². The summed E-state index contributed by atoms with van der Waals surface area (Å²) in [5.41, 5.74) is 3.84. The van der Waals surface area contributed by atoms with Crippen molar-refractivity contribution in [2.24, 2.45) is 5.10 Å². The van der Waals surface area contributed by atoms with Crippen molar-refractivity contribution in [1.29, 1.82) is 0 Å². The number of carbonyl (C=O) groups excluding carboxylic acids is 1. The lowest BCUT2D eigenvalue weighted by atomic mass is 10.1. The Morgan fingerprint density at radius 3 is 2.59 bits per heavy atom. The molecule has 0 saturated carbocycles. The van der Waals surface area contributed by atoms with Crippen molar-refractivity contribution < 1.29 is 14.5 Å². The Kier molecular flexibility index (Phi) is 6.00. The van der Waals surface area contributed by atoms with Crippen LogP contribution < -0.4 is 10.3 Å². The summed E-state index contributed by atoms with van der Waals surface area (Å²) >= 11 is 5.78. The average molecular weight is 389 g/mol. The number of hydrogen-bond donors (Lipinski definition) is 1. The molecule has 2 aromatic carbocycles. The van der Waals surface area contributed by atoms with Crippen LogP contribution in [0, 0.1) is 10.1 Å². The number of carbonyl (C=O) groups is 1. The van der Waals surface area contributed by atoms with Gasteiger partial charge in [-0.05, 0) is 30.3 Å². The summed E-state index contributed by atoms with van der Waals surface area (Å²) in [7, 11) is 0. The van der Waals surface area contributed by atoms with Gasteiger partial charge in [-0.2, -0.15) is 5.10 Å². The second kappa shape index (κ2) is 8.61. The van der Waals surface area contributed by atoms with E-state index in [-0.39, 0.29) is 5.69 Å². The molecule has 1 amide bonds. The Balaban J connectivity index is 1.71. The van der Waals surface area contributed by atoms with Gasteiger partial charge in [0.25, 0.3) is 11.6 Å². The summed E-state index contributed by atoms with van der Waals surface area (Å²) in [6.45, 7) is 2.28. The van der Waals surface area contributed by atoms with Crippen molar-refractivity contribution in [3.05, 3.63) is 68.7 Å². The standard InChI is InChI=1S/C18H17ClN4O4/c19-15-4-2-14(3-5-15)18(24)21-20-12-13-1-6-16(17(11-13)23(25)26)22-7-9-27-10-8-22/h1-6,11-12H,7-10H2,(H,21,24)/b20-12-. The Hall–Kier alpha value is -2.97. The van der Waals surface area contributed by atoms with Crippen LogP contribution in [0.2, 0.25) is 5.02 Å². The van der Waals surface area contributed by atoms with E-state index in [0.29, 0.717) is 48.1 Å². The van der Waals surface area contributed by atoms with Gasteiger partial charge in [-0.3, -0.25) is 14.9 Å². The van der Waals surface area contributed by atoms with Crippen LogP contribution in [0.4, 0.5) is 11.4 Å². The summed E-state index contributed by atoms with van der Waals surface area (Å²) in [4.78, 5) is 24.9. The van der Waals surface area contributed by atoms with Crippen LogP contribution >= 0.6 is 11.6 Å². The topological polar surface area (TPSA) is 97.1 Å². The third-order valence-electron chi connectivity index (χ3n) is 4.03. The minimum atomic E-state index is -0.422. The molecule has 0 atom stereocenters. The minimum Gasteiger partial charge on any atom is -0.378 e. The second-order valence-corrected chi connectivity index (χ2v) is 6.25. The van der Waals surface area contributed by atoms with Crippen LogP contribution in [-0.4, -0.2) is 43.3 Å². The third-order valence-corrected chi connectivity index (χ3v) is 4.29. The number of ether oxygens (including phenoxy) is 1. The number of hydrogen-bond acceptors (Lipinski definition) is 6. The normalized spacial score (nSPS) is 14.3. The monoisotopic (exact) mass is 388 g/mol. The highest BCUT2D eigenvalue weighted by Crippen LogP contribution is 2.29. The quantitative estimate of drug-likeness (QED) is 0.482. The van der Waals surface area contributed by atoms with Gasteiger partial charge in [0.15, 0.2) is 0 Å². The minimum absolute atomic E-state index is 0.00937. The molecule has 1 N–H and O–H groups in total. The van der Waals surface area contributed by atoms with Gasteiger partial charge in [-0.1, -0.05) is 17.7 Å². The fraction of sp³-hybridized carbons (Fsp3) is 0.222. The Morgan fingerprint density at radius 2 is 1.93 bits per heavy atom. The van der Waals surface area contributed by atoms with Crippen molar-refractivity contribution in [3.63, 3.8) is 0 Å². The zero-order chi connectivity index (χ0) is 19.2. The Bertz CT molecular complexity index is 864. The molecule has 27 heavy (non-hydrogen) atoms. The highest BCUT2D eigenvalue weighted by atomic mass is 35.5. The van der Waals surface area contributed by atoms with Crippen LogP contribution in [0.1, 0.15) is 15.9 Å². The summed E-state index contributed by atoms with van der Waals surface area (Å²) < 4.78 is 5.28. The molecular weight excluding hydrogens is 372 g/mol. The van der Waals surface area contributed by atoms with E-state index in [1.165, 1.54) is 12.3 Å². The first kappa shape index (κ1) is 18.8. The molecule has 9 heteroatoms. The largest absolute Gasteiger partial charge is 0.378 e. The van der Waals surface area contributed by atoms with Gasteiger partial charge < -0.3 is 9.64 Å². The number of benzene rings is 2. The predicted molar refractivity (Wildman–Crippen MR) is 103 cm³/mol. The highest BCUT2D eigenvalue weighted by Gasteiger charge is 2.21. The summed E-state index contributed by atoms with van der Waals surface area (Å²) in [6, 6.07) is 11.2. The van der Waals surface area contributed by atoms with Gasteiger partial charge in [0.2, 0.25) is 0 Å². The van der Waals surface area contributed by atoms with Crippen molar-refractivity contribution in [2.45, 2.75) is 0 Å². The van der Waals surface area contributed by atoms with Crippen molar-refractivity contribution >= 4 is 35.1 Å². The van der Waals surface area contributed by atoms with Crippen molar-refractivity contribution in [1.82, 2.24) is 5.43 Å². The van der Waals surface area contributed by atoms with E-state index in [4.69, 9.17) is 16.3 Å². The molecule has 0 radical (unpaired) electrons. The average Bonchev–Trinajstić information content (AvgIpc) is 2.69. The number of hydrazone groups is 1. The number of nitro groups is 1. The lowest BCUT2D eigenvalue weighted by Crippen LogP contribution is -2.36. The van der Waals surface area contributed by atoms with Crippen LogP contribution in [0.15, 0.2) is 47.6 Å². The molecule has 1 aliphatic rings. The van der Waals surface area contributed by atoms with E-state index >= 15 is 0 Å². The fourth-order valence-electron chi connectivity index (χ4n) is 2.67. The first-order chi connectivity index (χ1) is 13.0. The van der Waals surface area contributed by atoms with E-state index in [1.54, 1.807) is 36.4 Å². The number of nitrogens with zero attached hydrogens (tertiary/aromatic N) is 3. The maximum Gasteiger partial charge on any atom is 0.293 e. The fourth-order valence-corrected chi connectivity index (χ4v) is 2.80. The smallest absolute Gasteiger partial charge is 0.293 e. The molecule has 0 aromatic heterocycles. The predicted octanol–water partition coefficient (Wildman–Crippen LogP) is 2.85. The van der Waals surface area contributed by atoms with E-state index < -0.39 is 10.8 Å². The van der Waals surface area contributed by atoms with Gasteiger partial charge in [0, 0.05) is 35.3 Å². The lowest BCUT2D eigenvalue weighted by Gasteiger charge is -2.28. The number of anilines is 1. The molecule has 0 unspecified atom stereocenters. The Labute approximate surface area is 160 Å². The summed E-state index contributed by atoms with van der Waals surface area (Å²) in [6.07, 6.45) is 1.36. The van der Waals surface area contributed by atoms with E-state index in [1.807, 2.05) is 4.90 Å². The zero-order valence-corrected chi connectivity index (χ0v) is 15.1. The molecule has 0 spiro atoms. The van der Waals surface area contributed by atoms with Crippen LogP contribution in [-0.2, 0) is 4.74 Å². The molecule has 3 rings (SSSR count). The first-order valence-electron chi connectivity index (χ1n) is 8.25. The number of halogens is 1. The molecule has 1 saturated heterocycles. The summed E-state index contributed by atoms with van der Waals surface area (Å²) in [5, 5.41) is 15.8. The van der Waals surface area contributed by atoms with Crippen LogP contribution in [0.3, 0.4) is 0 Å². The molecule has 8 nitrogen and oxygen atoms in total. The maximum atomic E-state index is 12.0. The molecule has 1 aliphatic heterocycles. The zero-order valence-electron chi connectivity index (χ0n) is 14.3. The molecule has 140 valence electrons. The van der Waals surface area contributed by atoms with Gasteiger partial charge in [-0.25, -0.2) is 5.43 Å². The Morgan fingerprint density at radius 1 is 1.22 bits per heavy atom. The van der Waals surface area contributed by atoms with E-state index in [0.717, 1.165) is 0 Å². The third kappa shape index (κ3) is 4.81. The number of nitro benzene ring substituents is 1. The summed E-state index contributed by atoms with van der Waals surface area (Å²) in [5.74, 6) is -0.401. The van der Waals surface area contributed by atoms with Gasteiger partial charge >= 0.3 is 0 Å². The number of nitrogens with one attached hydrogen (secondary N) is 1. The van der Waals surface area contributed by atoms with Crippen molar-refractivity contribution in [2.75, 3.05) is 31.2 Å². The van der Waals surface area contributed by atoms with Crippen LogP contribution in [0.25, 0.3) is 0 Å². The highest BCUT2D eigenvalue weighted by molar-refractivity contribution is 6.30. The molecular formula is C18H17ClN4O4. The second-order valence-electron chi connectivity index (χ2n) is 5.81. The maximum absolute atomic E-state index is 12.0. The lowest BCUT2D eigenvalue weighted by molar-refractivity contribution is -0.384. The van der Waals surface area contributed by atoms with Gasteiger partial charge in [-0.15, -0.1) is 0 Å². The molecule has 1 heterocycles. The SMILES string of the molecule is O=C(N/N=C\c1ccc(N2CCOCC2)c([N+](=O)[O-])c1)c1ccc(Cl)cc1. The van der Waals surface area contributed by atoms with E-state index in [9.17, 15) is 14.9 Å². The number of morpholine rings is 1. The van der Waals surface area contributed by atoms with E-state index in [2.05, 4.69) is 10.5 Å². The van der Waals surface area contributed by atoms with Gasteiger partial charge in [0.1, 0.15) is 5.69 Å². The molecule has 0 bridgehead atoms. The first-order valence-corrected chi connectivity index (χ1v) is 8.62. The molecule has 0 aliphatic carbocycles. The molecule has 1 fully saturated rings. The molecule has 2 aromatic rings. The number of rotatable bonds is 5. The number of amides is 1.